The number of nitrogens with one attached hydrogen (secondary N) is 1. The zero-order chi connectivity index (χ0) is 19.0. The molecule has 0 bridgehead atoms. The van der Waals surface area contributed by atoms with Crippen LogP contribution in [-0.2, 0) is 19.7 Å². The summed E-state index contributed by atoms with van der Waals surface area (Å²) in [6.45, 7) is 4.33. The number of likely N-dealkylation sites (N-methyl/N-ethyl adjacent to an activating group) is 1. The molecule has 0 fully saturated rings. The van der Waals surface area contributed by atoms with Crippen LogP contribution in [0.25, 0.3) is 0 Å². The minimum Gasteiger partial charge on any atom is -0.467 e. The number of amides is 1. The van der Waals surface area contributed by atoms with Crippen molar-refractivity contribution < 1.29 is 27.5 Å². The molecule has 0 unspecified atom stereocenters. The molecule has 0 saturated heterocycles. The Kier molecular flexibility index (Phi) is 5.02. The van der Waals surface area contributed by atoms with Crippen molar-refractivity contribution >= 4 is 17.6 Å². The lowest BCUT2D eigenvalue weighted by molar-refractivity contribution is -0.175. The van der Waals surface area contributed by atoms with E-state index in [0.717, 1.165) is 23.9 Å². The predicted molar refractivity (Wildman–Crippen MR) is 86.4 cm³/mol. The maximum atomic E-state index is 12.6. The van der Waals surface area contributed by atoms with Gasteiger partial charge in [-0.3, -0.25) is 4.79 Å². The number of carbonyl (C=O) groups is 2. The standard InChI is InChI=1S/C17H21F3N2O3/c1-10-5-6-11-13(7-10)22(3)9-16(11,2)8-12(14(23)25-4)21-15(24)17(18,19)20/h5-7,12H,8-9H2,1-4H3,(H,21,24)/t12-,16+/m0/s1. The Bertz CT molecular complexity index is 690. The number of halogens is 3. The van der Waals surface area contributed by atoms with Gasteiger partial charge >= 0.3 is 18.1 Å². The highest BCUT2D eigenvalue weighted by Crippen LogP contribution is 2.43. The summed E-state index contributed by atoms with van der Waals surface area (Å²) in [5.41, 5.74) is 2.35. The number of anilines is 1. The third-order valence-corrected chi connectivity index (χ3v) is 4.50. The zero-order valence-electron chi connectivity index (χ0n) is 14.5. The number of carbonyl (C=O) groups excluding carboxylic acids is 2. The number of alkyl halides is 3. The van der Waals surface area contributed by atoms with Crippen LogP contribution in [0.4, 0.5) is 18.9 Å². The van der Waals surface area contributed by atoms with Crippen LogP contribution in [0.2, 0.25) is 0 Å². The van der Waals surface area contributed by atoms with Crippen molar-refractivity contribution in [3.63, 3.8) is 0 Å². The van der Waals surface area contributed by atoms with E-state index in [1.807, 2.05) is 44.0 Å². The lowest BCUT2D eigenvalue weighted by Gasteiger charge is -2.29. The maximum absolute atomic E-state index is 12.6. The Morgan fingerprint density at radius 3 is 2.60 bits per heavy atom. The molecule has 2 atom stereocenters. The highest BCUT2D eigenvalue weighted by Gasteiger charge is 2.45. The van der Waals surface area contributed by atoms with Crippen LogP contribution in [0, 0.1) is 6.92 Å². The van der Waals surface area contributed by atoms with Gasteiger partial charge in [0.05, 0.1) is 7.11 Å². The fraction of sp³-hybridized carbons (Fsp3) is 0.529. The normalized spacial score (nSPS) is 20.8. The molecule has 1 aromatic carbocycles. The van der Waals surface area contributed by atoms with Crippen molar-refractivity contribution in [2.24, 2.45) is 0 Å². The summed E-state index contributed by atoms with van der Waals surface area (Å²) in [7, 11) is 2.96. The van der Waals surface area contributed by atoms with Gasteiger partial charge in [0.15, 0.2) is 0 Å². The summed E-state index contributed by atoms with van der Waals surface area (Å²) in [5.74, 6) is -3.05. The van der Waals surface area contributed by atoms with Crippen molar-refractivity contribution in [2.75, 3.05) is 25.6 Å². The van der Waals surface area contributed by atoms with Gasteiger partial charge in [-0.05, 0) is 30.5 Å². The Hall–Kier alpha value is -2.25. The van der Waals surface area contributed by atoms with Gasteiger partial charge in [0.25, 0.3) is 0 Å². The largest absolute Gasteiger partial charge is 0.471 e. The molecule has 1 amide bonds. The van der Waals surface area contributed by atoms with Crippen LogP contribution >= 0.6 is 0 Å². The van der Waals surface area contributed by atoms with Crippen molar-refractivity contribution in [1.82, 2.24) is 5.32 Å². The number of hydrogen-bond donors (Lipinski definition) is 1. The van der Waals surface area contributed by atoms with Gasteiger partial charge in [-0.2, -0.15) is 13.2 Å². The summed E-state index contributed by atoms with van der Waals surface area (Å²) < 4.78 is 42.3. The minimum absolute atomic E-state index is 0.00188. The molecule has 8 heteroatoms. The van der Waals surface area contributed by atoms with E-state index in [-0.39, 0.29) is 6.42 Å². The Morgan fingerprint density at radius 1 is 1.40 bits per heavy atom. The molecule has 25 heavy (non-hydrogen) atoms. The molecule has 5 nitrogen and oxygen atoms in total. The van der Waals surface area contributed by atoms with Gasteiger partial charge in [0.1, 0.15) is 6.04 Å². The molecule has 1 aliphatic heterocycles. The van der Waals surface area contributed by atoms with E-state index in [1.165, 1.54) is 0 Å². The van der Waals surface area contributed by atoms with Gasteiger partial charge in [0.2, 0.25) is 0 Å². The fourth-order valence-corrected chi connectivity index (χ4v) is 3.36. The summed E-state index contributed by atoms with van der Waals surface area (Å²) in [6.07, 6.45) is -5.06. The SMILES string of the molecule is COC(=O)[C@H](C[C@]1(C)CN(C)c2cc(C)ccc21)NC(=O)C(F)(F)F. The van der Waals surface area contributed by atoms with Crippen LogP contribution < -0.4 is 10.2 Å². The lowest BCUT2D eigenvalue weighted by Crippen LogP contribution is -2.50. The van der Waals surface area contributed by atoms with Crippen LogP contribution in [0.3, 0.4) is 0 Å². The summed E-state index contributed by atoms with van der Waals surface area (Å²) >= 11 is 0. The number of fused-ring (bicyclic) bond motifs is 1. The van der Waals surface area contributed by atoms with E-state index in [4.69, 9.17) is 0 Å². The first-order valence-electron chi connectivity index (χ1n) is 7.76. The topological polar surface area (TPSA) is 58.6 Å². The second-order valence-electron chi connectivity index (χ2n) is 6.69. The van der Waals surface area contributed by atoms with Crippen molar-refractivity contribution in [3.05, 3.63) is 29.3 Å². The Labute approximate surface area is 144 Å². The van der Waals surface area contributed by atoms with Gasteiger partial charge in [-0.1, -0.05) is 19.1 Å². The van der Waals surface area contributed by atoms with Crippen LogP contribution in [-0.4, -0.2) is 44.8 Å². The van der Waals surface area contributed by atoms with Gasteiger partial charge in [0, 0.05) is 24.7 Å². The molecule has 0 radical (unpaired) electrons. The Morgan fingerprint density at radius 2 is 2.04 bits per heavy atom. The van der Waals surface area contributed by atoms with E-state index in [2.05, 4.69) is 4.74 Å². The first-order chi connectivity index (χ1) is 11.5. The van der Waals surface area contributed by atoms with Crippen molar-refractivity contribution in [2.45, 2.75) is 37.9 Å². The van der Waals surface area contributed by atoms with E-state index in [0.29, 0.717) is 6.54 Å². The first-order valence-corrected chi connectivity index (χ1v) is 7.76. The number of rotatable bonds is 4. The summed E-state index contributed by atoms with van der Waals surface area (Å²) in [6, 6.07) is 4.43. The van der Waals surface area contributed by atoms with E-state index >= 15 is 0 Å². The number of esters is 1. The monoisotopic (exact) mass is 358 g/mol. The van der Waals surface area contributed by atoms with E-state index in [1.54, 1.807) is 5.32 Å². The van der Waals surface area contributed by atoms with Gasteiger partial charge in [-0.15, -0.1) is 0 Å². The molecule has 2 rings (SSSR count). The van der Waals surface area contributed by atoms with E-state index < -0.39 is 29.5 Å². The maximum Gasteiger partial charge on any atom is 0.471 e. The lowest BCUT2D eigenvalue weighted by atomic mass is 9.78. The molecule has 0 saturated carbocycles. The first kappa shape index (κ1) is 19.1. The second kappa shape index (κ2) is 6.57. The molecule has 1 aromatic rings. The smallest absolute Gasteiger partial charge is 0.467 e. The highest BCUT2D eigenvalue weighted by molar-refractivity contribution is 5.87. The third-order valence-electron chi connectivity index (χ3n) is 4.50. The molecule has 138 valence electrons. The average Bonchev–Trinajstić information content (AvgIpc) is 2.75. The molecule has 0 aromatic heterocycles. The van der Waals surface area contributed by atoms with Gasteiger partial charge in [-0.25, -0.2) is 4.79 Å². The van der Waals surface area contributed by atoms with Crippen molar-refractivity contribution in [3.8, 4) is 0 Å². The van der Waals surface area contributed by atoms with Gasteiger partial charge < -0.3 is 15.0 Å². The highest BCUT2D eigenvalue weighted by atomic mass is 19.4. The number of nitrogens with zero attached hydrogens (tertiary/aromatic N) is 1. The van der Waals surface area contributed by atoms with Crippen LogP contribution in [0.1, 0.15) is 24.5 Å². The third kappa shape index (κ3) is 3.88. The quantitative estimate of drug-likeness (QED) is 0.840. The summed E-state index contributed by atoms with van der Waals surface area (Å²) in [5, 5.41) is 1.76. The number of hydrogen-bond acceptors (Lipinski definition) is 4. The predicted octanol–water partition coefficient (Wildman–Crippen LogP) is 2.31. The summed E-state index contributed by atoms with van der Waals surface area (Å²) in [4.78, 5) is 25.2. The molecule has 1 aliphatic rings. The molecule has 0 aliphatic carbocycles. The van der Waals surface area contributed by atoms with Crippen LogP contribution in [0.5, 0.6) is 0 Å². The fourth-order valence-electron chi connectivity index (χ4n) is 3.36. The Balaban J connectivity index is 2.30. The molecule has 1 heterocycles. The van der Waals surface area contributed by atoms with Crippen molar-refractivity contribution in [1.29, 1.82) is 0 Å². The number of ether oxygens (including phenoxy) is 1. The van der Waals surface area contributed by atoms with E-state index in [9.17, 15) is 22.8 Å². The number of methoxy groups -OCH3 is 1. The zero-order valence-corrected chi connectivity index (χ0v) is 14.5. The molecule has 0 spiro atoms. The number of aryl methyl sites for hydroxylation is 1. The number of benzene rings is 1. The minimum atomic E-state index is -5.06. The van der Waals surface area contributed by atoms with Crippen LogP contribution in [0.15, 0.2) is 18.2 Å². The molecular formula is C17H21F3N2O3. The molecular weight excluding hydrogens is 337 g/mol. The average molecular weight is 358 g/mol. The molecule has 1 N–H and O–H groups in total. The second-order valence-corrected chi connectivity index (χ2v) is 6.69.